The molecule has 0 bridgehead atoms. The van der Waals surface area contributed by atoms with Gasteiger partial charge in [-0.3, -0.25) is 9.69 Å². The molecule has 7 heteroatoms. The van der Waals surface area contributed by atoms with Crippen LogP contribution in [0.5, 0.6) is 0 Å². The van der Waals surface area contributed by atoms with Crippen molar-refractivity contribution >= 4 is 23.2 Å². The van der Waals surface area contributed by atoms with E-state index in [1.165, 1.54) is 11.1 Å². The predicted molar refractivity (Wildman–Crippen MR) is 150 cm³/mol. The molecule has 2 aromatic heterocycles. The minimum atomic E-state index is -0.0117. The standard InChI is InChI=1S/C31H28ClN5O/c1-22-26(21-33-29-20-28(34-37(22)29)25-14-8-9-15-27(25)32)31(38)36-18-16-35(17-19-36)30(23-10-4-2-5-11-23)24-12-6-3-7-13-24/h2-15,20-21,30H,16-19H2,1H3. The van der Waals surface area contributed by atoms with Crippen molar-refractivity contribution in [3.8, 4) is 11.3 Å². The van der Waals surface area contributed by atoms with Crippen LogP contribution in [0.25, 0.3) is 16.9 Å². The van der Waals surface area contributed by atoms with Crippen molar-refractivity contribution in [1.29, 1.82) is 0 Å². The second kappa shape index (κ2) is 10.4. The fourth-order valence-electron chi connectivity index (χ4n) is 5.30. The van der Waals surface area contributed by atoms with E-state index in [-0.39, 0.29) is 11.9 Å². The van der Waals surface area contributed by atoms with Gasteiger partial charge in [-0.25, -0.2) is 9.50 Å². The number of nitrogens with zero attached hydrogens (tertiary/aromatic N) is 5. The second-order valence-electron chi connectivity index (χ2n) is 9.59. The molecule has 0 spiro atoms. The molecular weight excluding hydrogens is 494 g/mol. The van der Waals surface area contributed by atoms with Gasteiger partial charge in [-0.1, -0.05) is 90.5 Å². The van der Waals surface area contributed by atoms with Gasteiger partial charge in [-0.05, 0) is 24.1 Å². The summed E-state index contributed by atoms with van der Waals surface area (Å²) in [6.45, 7) is 4.79. The number of hydrogen-bond donors (Lipinski definition) is 0. The summed E-state index contributed by atoms with van der Waals surface area (Å²) in [4.78, 5) is 22.6. The first-order valence-electron chi connectivity index (χ1n) is 12.8. The fraction of sp³-hybridized carbons (Fsp3) is 0.194. The molecule has 190 valence electrons. The number of amides is 1. The van der Waals surface area contributed by atoms with Crippen LogP contribution >= 0.6 is 11.6 Å². The van der Waals surface area contributed by atoms with Crippen molar-refractivity contribution in [1.82, 2.24) is 24.4 Å². The molecule has 0 unspecified atom stereocenters. The van der Waals surface area contributed by atoms with Crippen molar-refractivity contribution in [2.45, 2.75) is 13.0 Å². The highest BCUT2D eigenvalue weighted by atomic mass is 35.5. The van der Waals surface area contributed by atoms with E-state index in [1.54, 1.807) is 10.7 Å². The molecule has 38 heavy (non-hydrogen) atoms. The van der Waals surface area contributed by atoms with Gasteiger partial charge in [-0.2, -0.15) is 5.10 Å². The van der Waals surface area contributed by atoms with E-state index in [9.17, 15) is 4.79 Å². The second-order valence-corrected chi connectivity index (χ2v) is 10.00. The maximum Gasteiger partial charge on any atom is 0.257 e. The van der Waals surface area contributed by atoms with Crippen LogP contribution < -0.4 is 0 Å². The average molecular weight is 522 g/mol. The van der Waals surface area contributed by atoms with Crippen molar-refractivity contribution in [2.75, 3.05) is 26.2 Å². The third kappa shape index (κ3) is 4.57. The summed E-state index contributed by atoms with van der Waals surface area (Å²) < 4.78 is 1.74. The van der Waals surface area contributed by atoms with Crippen LogP contribution in [0.2, 0.25) is 5.02 Å². The van der Waals surface area contributed by atoms with Gasteiger partial charge in [0.15, 0.2) is 5.65 Å². The van der Waals surface area contributed by atoms with E-state index >= 15 is 0 Å². The summed E-state index contributed by atoms with van der Waals surface area (Å²) in [7, 11) is 0. The molecule has 6 nitrogen and oxygen atoms in total. The van der Waals surface area contributed by atoms with Gasteiger partial charge < -0.3 is 4.90 Å². The van der Waals surface area contributed by atoms with Crippen molar-refractivity contribution < 1.29 is 4.79 Å². The number of piperazine rings is 1. The SMILES string of the molecule is Cc1c(C(=O)N2CCN(C(c3ccccc3)c3ccccc3)CC2)cnc2cc(-c3ccccc3Cl)nn12. The summed E-state index contributed by atoms with van der Waals surface area (Å²) in [5, 5.41) is 5.36. The fourth-order valence-corrected chi connectivity index (χ4v) is 5.53. The van der Waals surface area contributed by atoms with Gasteiger partial charge in [-0.15, -0.1) is 0 Å². The molecule has 1 aliphatic heterocycles. The summed E-state index contributed by atoms with van der Waals surface area (Å²) in [6.07, 6.45) is 1.67. The van der Waals surface area contributed by atoms with Crippen molar-refractivity contribution in [2.24, 2.45) is 0 Å². The Morgan fingerprint density at radius 3 is 2.08 bits per heavy atom. The van der Waals surface area contributed by atoms with Crippen LogP contribution in [0.1, 0.15) is 33.2 Å². The quantitative estimate of drug-likeness (QED) is 0.289. The third-order valence-corrected chi connectivity index (χ3v) is 7.63. The zero-order valence-electron chi connectivity index (χ0n) is 21.2. The Balaban J connectivity index is 1.22. The Morgan fingerprint density at radius 1 is 0.842 bits per heavy atom. The molecular formula is C31H28ClN5O. The zero-order chi connectivity index (χ0) is 26.1. The van der Waals surface area contributed by atoms with Crippen molar-refractivity contribution in [3.05, 3.63) is 125 Å². The molecule has 5 aromatic rings. The molecule has 3 aromatic carbocycles. The van der Waals surface area contributed by atoms with Gasteiger partial charge in [0.1, 0.15) is 0 Å². The molecule has 0 radical (unpaired) electrons. The average Bonchev–Trinajstić information content (AvgIpc) is 3.40. The molecule has 0 N–H and O–H groups in total. The lowest BCUT2D eigenvalue weighted by Gasteiger charge is -2.40. The van der Waals surface area contributed by atoms with Crippen LogP contribution in [0.3, 0.4) is 0 Å². The highest BCUT2D eigenvalue weighted by Gasteiger charge is 2.29. The number of hydrogen-bond acceptors (Lipinski definition) is 4. The molecule has 6 rings (SSSR count). The number of halogens is 1. The molecule has 1 fully saturated rings. The third-order valence-electron chi connectivity index (χ3n) is 7.30. The largest absolute Gasteiger partial charge is 0.336 e. The minimum absolute atomic E-state index is 0.0117. The van der Waals surface area contributed by atoms with Crippen LogP contribution in [0.15, 0.2) is 97.2 Å². The molecule has 3 heterocycles. The Labute approximate surface area is 227 Å². The highest BCUT2D eigenvalue weighted by molar-refractivity contribution is 6.33. The monoisotopic (exact) mass is 521 g/mol. The maximum atomic E-state index is 13.6. The number of fused-ring (bicyclic) bond motifs is 1. The van der Waals surface area contributed by atoms with E-state index in [0.717, 1.165) is 30.0 Å². The number of aromatic nitrogens is 3. The topological polar surface area (TPSA) is 53.7 Å². The molecule has 0 atom stereocenters. The molecule has 1 amide bonds. The molecule has 0 saturated carbocycles. The van der Waals surface area contributed by atoms with E-state index in [4.69, 9.17) is 16.7 Å². The van der Waals surface area contributed by atoms with Crippen LogP contribution in [0.4, 0.5) is 0 Å². The lowest BCUT2D eigenvalue weighted by molar-refractivity contribution is 0.0595. The van der Waals surface area contributed by atoms with Gasteiger partial charge in [0.25, 0.3) is 5.91 Å². The number of benzene rings is 3. The highest BCUT2D eigenvalue weighted by Crippen LogP contribution is 2.30. The zero-order valence-corrected chi connectivity index (χ0v) is 21.9. The predicted octanol–water partition coefficient (Wildman–Crippen LogP) is 5.91. The van der Waals surface area contributed by atoms with Gasteiger partial charge in [0, 0.05) is 44.0 Å². The molecule has 0 aliphatic carbocycles. The molecule has 1 aliphatic rings. The van der Waals surface area contributed by atoms with E-state index in [1.807, 2.05) is 54.3 Å². The first kappa shape index (κ1) is 24.3. The van der Waals surface area contributed by atoms with Crippen molar-refractivity contribution in [3.63, 3.8) is 0 Å². The summed E-state index contributed by atoms with van der Waals surface area (Å²) >= 11 is 6.39. The van der Waals surface area contributed by atoms with Crippen LogP contribution in [-0.2, 0) is 0 Å². The van der Waals surface area contributed by atoms with E-state index in [2.05, 4.69) is 58.4 Å². The van der Waals surface area contributed by atoms with Crippen LogP contribution in [0, 0.1) is 6.92 Å². The van der Waals surface area contributed by atoms with E-state index < -0.39 is 0 Å². The van der Waals surface area contributed by atoms with Crippen LogP contribution in [-0.4, -0.2) is 56.5 Å². The summed E-state index contributed by atoms with van der Waals surface area (Å²) in [5.41, 5.74) is 6.13. The minimum Gasteiger partial charge on any atom is -0.336 e. The smallest absolute Gasteiger partial charge is 0.257 e. The Hall–Kier alpha value is -4.00. The lowest BCUT2D eigenvalue weighted by atomic mass is 9.96. The van der Waals surface area contributed by atoms with E-state index in [0.29, 0.717) is 29.3 Å². The Kier molecular flexibility index (Phi) is 6.66. The summed E-state index contributed by atoms with van der Waals surface area (Å²) in [6, 6.07) is 30.8. The van der Waals surface area contributed by atoms with Gasteiger partial charge in [0.05, 0.1) is 28.0 Å². The summed E-state index contributed by atoms with van der Waals surface area (Å²) in [5.74, 6) is -0.0117. The Bertz CT molecular complexity index is 1540. The lowest BCUT2D eigenvalue weighted by Crippen LogP contribution is -2.50. The van der Waals surface area contributed by atoms with Gasteiger partial charge in [0.2, 0.25) is 0 Å². The number of carbonyl (C=O) groups excluding carboxylic acids is 1. The first-order valence-corrected chi connectivity index (χ1v) is 13.2. The number of carbonyl (C=O) groups is 1. The number of aryl methyl sites for hydroxylation is 1. The van der Waals surface area contributed by atoms with Gasteiger partial charge >= 0.3 is 0 Å². The normalized spacial score (nSPS) is 14.3. The first-order chi connectivity index (χ1) is 18.6. The number of rotatable bonds is 5. The Morgan fingerprint density at radius 2 is 1.45 bits per heavy atom. The molecule has 1 saturated heterocycles. The maximum absolute atomic E-state index is 13.6.